The van der Waals surface area contributed by atoms with Gasteiger partial charge in [0.1, 0.15) is 0 Å². The third-order valence-corrected chi connectivity index (χ3v) is 3.59. The van der Waals surface area contributed by atoms with Crippen molar-refractivity contribution in [2.45, 2.75) is 19.5 Å². The summed E-state index contributed by atoms with van der Waals surface area (Å²) in [6.45, 7) is 0.494. The van der Waals surface area contributed by atoms with Gasteiger partial charge in [-0.3, -0.25) is 14.9 Å². The number of carbonyl (C=O) groups is 2. The van der Waals surface area contributed by atoms with Crippen molar-refractivity contribution in [1.82, 2.24) is 9.97 Å². The fourth-order valence-corrected chi connectivity index (χ4v) is 2.44. The summed E-state index contributed by atoms with van der Waals surface area (Å²) >= 11 is 1.13. The number of halogens is 3. The number of anilines is 1. The topological polar surface area (TPSA) is 90.4 Å². The highest BCUT2D eigenvalue weighted by Crippen LogP contribution is 2.19. The van der Waals surface area contributed by atoms with Crippen LogP contribution in [-0.2, 0) is 16.0 Å². The molecule has 0 saturated carbocycles. The Balaban J connectivity index is 1.91. The second kappa shape index (κ2) is 8.61. The normalized spacial score (nSPS) is 11.1. The summed E-state index contributed by atoms with van der Waals surface area (Å²) in [5.41, 5.74) is 0.573. The van der Waals surface area contributed by atoms with Crippen LogP contribution in [0.2, 0.25) is 0 Å². The zero-order chi connectivity index (χ0) is 19.2. The highest BCUT2D eigenvalue weighted by Gasteiger charge is 2.28. The van der Waals surface area contributed by atoms with Crippen molar-refractivity contribution in [3.05, 3.63) is 35.0 Å². The summed E-state index contributed by atoms with van der Waals surface area (Å²) in [4.78, 5) is 31.2. The first-order valence-electron chi connectivity index (χ1n) is 7.34. The number of esters is 1. The number of nitrogens with one attached hydrogen (secondary N) is 1. The lowest BCUT2D eigenvalue weighted by atomic mass is 10.3. The summed E-state index contributed by atoms with van der Waals surface area (Å²) in [6, 6.07) is 2.44. The number of hydrogen-bond acceptors (Lipinski definition) is 7. The van der Waals surface area contributed by atoms with Gasteiger partial charge in [-0.1, -0.05) is 0 Å². The Morgan fingerprint density at radius 1 is 1.31 bits per heavy atom. The molecule has 0 aromatic carbocycles. The van der Waals surface area contributed by atoms with Crippen molar-refractivity contribution < 1.29 is 32.2 Å². The number of nitrogens with zero attached hydrogens (tertiary/aromatic N) is 2. The van der Waals surface area contributed by atoms with Gasteiger partial charge in [-0.05, 0) is 13.0 Å². The van der Waals surface area contributed by atoms with Gasteiger partial charge >= 0.3 is 12.1 Å². The van der Waals surface area contributed by atoms with Crippen molar-refractivity contribution in [3.63, 3.8) is 0 Å². The Hall–Kier alpha value is -2.69. The van der Waals surface area contributed by atoms with Crippen LogP contribution < -0.4 is 10.1 Å². The number of rotatable bonds is 7. The third kappa shape index (κ3) is 6.31. The van der Waals surface area contributed by atoms with Gasteiger partial charge in [0, 0.05) is 17.6 Å². The molecule has 2 aromatic heterocycles. The molecule has 7 nitrogen and oxygen atoms in total. The number of alkyl halides is 3. The number of thiazole rings is 1. The maximum atomic E-state index is 12.1. The lowest BCUT2D eigenvalue weighted by Crippen LogP contribution is -2.19. The molecule has 140 valence electrons. The van der Waals surface area contributed by atoms with E-state index < -0.39 is 24.7 Å². The quantitative estimate of drug-likeness (QED) is 0.733. The van der Waals surface area contributed by atoms with Crippen molar-refractivity contribution in [1.29, 1.82) is 0 Å². The van der Waals surface area contributed by atoms with Crippen molar-refractivity contribution in [2.24, 2.45) is 0 Å². The molecule has 0 radical (unpaired) electrons. The Kier molecular flexibility index (Phi) is 6.50. The summed E-state index contributed by atoms with van der Waals surface area (Å²) < 4.78 is 45.5. The average molecular weight is 389 g/mol. The van der Waals surface area contributed by atoms with E-state index in [4.69, 9.17) is 4.74 Å². The summed E-state index contributed by atoms with van der Waals surface area (Å²) in [5, 5.41) is 4.40. The predicted octanol–water partition coefficient (Wildman–Crippen LogP) is 2.84. The number of pyridine rings is 1. The molecule has 0 saturated heterocycles. The van der Waals surface area contributed by atoms with Gasteiger partial charge in [0.05, 0.1) is 24.3 Å². The van der Waals surface area contributed by atoms with E-state index in [2.05, 4.69) is 20.0 Å². The molecule has 0 aliphatic carbocycles. The van der Waals surface area contributed by atoms with E-state index in [-0.39, 0.29) is 29.6 Å². The first-order chi connectivity index (χ1) is 12.3. The molecular weight excluding hydrogens is 375 g/mol. The van der Waals surface area contributed by atoms with E-state index in [1.807, 2.05) is 0 Å². The molecule has 0 unspecified atom stereocenters. The van der Waals surface area contributed by atoms with Crippen LogP contribution in [0.25, 0.3) is 0 Å². The van der Waals surface area contributed by atoms with Gasteiger partial charge in [-0.2, -0.15) is 13.2 Å². The number of amides is 1. The van der Waals surface area contributed by atoms with Crippen LogP contribution in [0.3, 0.4) is 0 Å². The van der Waals surface area contributed by atoms with E-state index in [1.54, 1.807) is 12.3 Å². The second-order valence-corrected chi connectivity index (χ2v) is 5.73. The van der Waals surface area contributed by atoms with Crippen LogP contribution >= 0.6 is 11.3 Å². The maximum absolute atomic E-state index is 12.1. The van der Waals surface area contributed by atoms with Gasteiger partial charge in [0.15, 0.2) is 11.7 Å². The maximum Gasteiger partial charge on any atom is 0.422 e. The van der Waals surface area contributed by atoms with Crippen LogP contribution in [-0.4, -0.2) is 41.2 Å². The Bertz CT molecular complexity index is 762. The lowest BCUT2D eigenvalue weighted by Gasteiger charge is -2.08. The van der Waals surface area contributed by atoms with Crippen LogP contribution in [0, 0.1) is 0 Å². The van der Waals surface area contributed by atoms with Crippen molar-refractivity contribution in [3.8, 4) is 5.88 Å². The third-order valence-electron chi connectivity index (χ3n) is 2.79. The molecule has 1 amide bonds. The average Bonchev–Trinajstić information content (AvgIpc) is 2.99. The van der Waals surface area contributed by atoms with Crippen LogP contribution in [0.15, 0.2) is 23.7 Å². The highest BCUT2D eigenvalue weighted by atomic mass is 32.1. The van der Waals surface area contributed by atoms with E-state index in [9.17, 15) is 22.8 Å². The smallest absolute Gasteiger partial charge is 0.422 e. The van der Waals surface area contributed by atoms with Gasteiger partial charge in [-0.15, -0.1) is 11.3 Å². The number of carbonyl (C=O) groups excluding carboxylic acids is 2. The molecule has 0 spiro atoms. The summed E-state index contributed by atoms with van der Waals surface area (Å²) in [5.74, 6) is -1.21. The summed E-state index contributed by atoms with van der Waals surface area (Å²) in [6.07, 6.45) is -3.38. The number of aromatic nitrogens is 2. The molecule has 11 heteroatoms. The van der Waals surface area contributed by atoms with E-state index >= 15 is 0 Å². The van der Waals surface area contributed by atoms with Crippen LogP contribution in [0.4, 0.5) is 18.3 Å². The van der Waals surface area contributed by atoms with Crippen molar-refractivity contribution >= 4 is 28.3 Å². The molecular formula is C15H14F3N3O4S. The van der Waals surface area contributed by atoms with Gasteiger partial charge in [-0.25, -0.2) is 9.97 Å². The first-order valence-corrected chi connectivity index (χ1v) is 8.22. The molecule has 0 bridgehead atoms. The Morgan fingerprint density at radius 2 is 2.08 bits per heavy atom. The number of hydrogen-bond donors (Lipinski definition) is 1. The van der Waals surface area contributed by atoms with Crippen LogP contribution in [0.1, 0.15) is 23.0 Å². The monoisotopic (exact) mass is 389 g/mol. The first kappa shape index (κ1) is 19.6. The Labute approximate surface area is 150 Å². The van der Waals surface area contributed by atoms with Crippen LogP contribution in [0.5, 0.6) is 5.88 Å². The molecule has 0 aliphatic heterocycles. The fourth-order valence-electron chi connectivity index (χ4n) is 1.73. The van der Waals surface area contributed by atoms with Gasteiger partial charge in [0.25, 0.3) is 5.91 Å². The molecule has 0 atom stereocenters. The van der Waals surface area contributed by atoms with E-state index in [0.717, 1.165) is 23.6 Å². The van der Waals surface area contributed by atoms with E-state index in [1.165, 1.54) is 6.07 Å². The summed E-state index contributed by atoms with van der Waals surface area (Å²) in [7, 11) is 0. The van der Waals surface area contributed by atoms with Gasteiger partial charge < -0.3 is 9.47 Å². The van der Waals surface area contributed by atoms with Crippen molar-refractivity contribution in [2.75, 3.05) is 18.5 Å². The largest absolute Gasteiger partial charge is 0.468 e. The zero-order valence-corrected chi connectivity index (χ0v) is 14.3. The standard InChI is InChI=1S/C15H14F3N3O4S/c1-2-24-12(22)5-10-7-26-14(20-10)21-13(23)9-3-4-11(19-6-9)25-8-15(16,17)18/h3-4,6-7H,2,5,8H2,1H3,(H,20,21,23). The molecule has 26 heavy (non-hydrogen) atoms. The molecule has 1 N–H and O–H groups in total. The minimum atomic E-state index is -4.47. The molecule has 2 rings (SSSR count). The molecule has 2 heterocycles. The molecule has 0 fully saturated rings. The zero-order valence-electron chi connectivity index (χ0n) is 13.5. The number of ether oxygens (including phenoxy) is 2. The lowest BCUT2D eigenvalue weighted by molar-refractivity contribution is -0.154. The highest BCUT2D eigenvalue weighted by molar-refractivity contribution is 7.14. The molecule has 0 aliphatic rings. The minimum absolute atomic E-state index is 0.00694. The Morgan fingerprint density at radius 3 is 2.69 bits per heavy atom. The predicted molar refractivity (Wildman–Crippen MR) is 86.2 cm³/mol. The van der Waals surface area contributed by atoms with Gasteiger partial charge in [0.2, 0.25) is 5.88 Å². The minimum Gasteiger partial charge on any atom is -0.468 e. The van der Waals surface area contributed by atoms with E-state index in [0.29, 0.717) is 5.69 Å². The molecule has 2 aromatic rings. The fraction of sp³-hybridized carbons (Fsp3) is 0.333. The second-order valence-electron chi connectivity index (χ2n) is 4.87. The SMILES string of the molecule is CCOC(=O)Cc1csc(NC(=O)c2ccc(OCC(F)(F)F)nc2)n1.